The van der Waals surface area contributed by atoms with Crippen molar-refractivity contribution in [1.82, 2.24) is 9.78 Å². The van der Waals surface area contributed by atoms with Crippen LogP contribution in [0, 0.1) is 5.92 Å². The predicted molar refractivity (Wildman–Crippen MR) is 69.2 cm³/mol. The second-order valence-corrected chi connectivity index (χ2v) is 5.07. The number of rotatable bonds is 3. The van der Waals surface area contributed by atoms with Crippen LogP contribution < -0.4 is 0 Å². The Kier molecular flexibility index (Phi) is 3.74. The van der Waals surface area contributed by atoms with E-state index in [2.05, 4.69) is 5.10 Å². The predicted octanol–water partition coefficient (Wildman–Crippen LogP) is 3.93. The normalized spacial score (nSPS) is 12.1. The third-order valence-electron chi connectivity index (χ3n) is 2.82. The number of phenols is 1. The summed E-state index contributed by atoms with van der Waals surface area (Å²) in [6, 6.07) is 2.85. The van der Waals surface area contributed by atoms with Crippen molar-refractivity contribution in [3.05, 3.63) is 36.2 Å². The molecule has 2 rings (SSSR count). The van der Waals surface area contributed by atoms with Crippen LogP contribution >= 0.6 is 0 Å². The van der Waals surface area contributed by atoms with Gasteiger partial charge in [-0.1, -0.05) is 13.8 Å². The maximum atomic E-state index is 12.7. The van der Waals surface area contributed by atoms with Crippen molar-refractivity contribution in [3.8, 4) is 16.9 Å². The van der Waals surface area contributed by atoms with Crippen LogP contribution in [-0.2, 0) is 12.7 Å². The lowest BCUT2D eigenvalue weighted by Gasteiger charge is -2.09. The molecule has 2 aromatic rings. The van der Waals surface area contributed by atoms with Gasteiger partial charge in [0.05, 0.1) is 11.8 Å². The summed E-state index contributed by atoms with van der Waals surface area (Å²) >= 11 is 0. The van der Waals surface area contributed by atoms with E-state index in [0.29, 0.717) is 18.0 Å². The van der Waals surface area contributed by atoms with E-state index in [-0.39, 0.29) is 11.3 Å². The first kappa shape index (κ1) is 14.4. The lowest BCUT2D eigenvalue weighted by atomic mass is 10.0. The van der Waals surface area contributed by atoms with E-state index in [1.807, 2.05) is 13.8 Å². The third kappa shape index (κ3) is 3.12. The number of halogens is 3. The van der Waals surface area contributed by atoms with Gasteiger partial charge in [-0.2, -0.15) is 18.3 Å². The summed E-state index contributed by atoms with van der Waals surface area (Å²) in [5.41, 5.74) is -0.189. The van der Waals surface area contributed by atoms with Crippen LogP contribution in [0.15, 0.2) is 30.6 Å². The summed E-state index contributed by atoms with van der Waals surface area (Å²) in [7, 11) is 0. The molecule has 108 valence electrons. The molecule has 0 amide bonds. The number of nitrogens with zero attached hydrogens (tertiary/aromatic N) is 2. The van der Waals surface area contributed by atoms with Gasteiger partial charge in [-0.05, 0) is 24.1 Å². The maximum absolute atomic E-state index is 12.7. The molecule has 1 N–H and O–H groups in total. The Morgan fingerprint density at radius 2 is 2.00 bits per heavy atom. The van der Waals surface area contributed by atoms with E-state index in [4.69, 9.17) is 0 Å². The third-order valence-corrected chi connectivity index (χ3v) is 2.82. The molecule has 0 aliphatic carbocycles. The first-order chi connectivity index (χ1) is 9.27. The molecule has 0 saturated carbocycles. The zero-order valence-electron chi connectivity index (χ0n) is 11.1. The molecule has 0 saturated heterocycles. The summed E-state index contributed by atoms with van der Waals surface area (Å²) in [6.07, 6.45) is -1.34. The highest BCUT2D eigenvalue weighted by atomic mass is 19.4. The van der Waals surface area contributed by atoms with Gasteiger partial charge < -0.3 is 5.11 Å². The standard InChI is InChI=1S/C14H15F3N2O/c1-9(2)7-19-8-10(6-18-19)12-5-11(14(15,16)17)3-4-13(12)20/h3-6,8-9,20H,7H2,1-2H3. The molecule has 3 nitrogen and oxygen atoms in total. The van der Waals surface area contributed by atoms with E-state index in [1.165, 1.54) is 6.20 Å². The molecule has 6 heteroatoms. The fourth-order valence-corrected chi connectivity index (χ4v) is 1.92. The number of alkyl halides is 3. The van der Waals surface area contributed by atoms with Crippen LogP contribution in [0.1, 0.15) is 19.4 Å². The van der Waals surface area contributed by atoms with Gasteiger partial charge in [0.1, 0.15) is 5.75 Å². The highest BCUT2D eigenvalue weighted by Gasteiger charge is 2.31. The monoisotopic (exact) mass is 284 g/mol. The number of hydrogen-bond acceptors (Lipinski definition) is 2. The SMILES string of the molecule is CC(C)Cn1cc(-c2cc(C(F)(F)F)ccc2O)cn1. The Morgan fingerprint density at radius 3 is 2.60 bits per heavy atom. The van der Waals surface area contributed by atoms with Gasteiger partial charge in [-0.15, -0.1) is 0 Å². The fourth-order valence-electron chi connectivity index (χ4n) is 1.92. The number of aromatic hydroxyl groups is 1. The van der Waals surface area contributed by atoms with Crippen molar-refractivity contribution < 1.29 is 18.3 Å². The minimum absolute atomic E-state index is 0.134. The second kappa shape index (κ2) is 5.19. The first-order valence-corrected chi connectivity index (χ1v) is 6.20. The molecule has 0 fully saturated rings. The smallest absolute Gasteiger partial charge is 0.416 e. The van der Waals surface area contributed by atoms with Crippen molar-refractivity contribution >= 4 is 0 Å². The van der Waals surface area contributed by atoms with Crippen molar-refractivity contribution in [2.24, 2.45) is 5.92 Å². The van der Waals surface area contributed by atoms with Gasteiger partial charge in [0.2, 0.25) is 0 Å². The Hall–Kier alpha value is -1.98. The van der Waals surface area contributed by atoms with Crippen molar-refractivity contribution in [1.29, 1.82) is 0 Å². The average Bonchev–Trinajstić information content (AvgIpc) is 2.75. The summed E-state index contributed by atoms with van der Waals surface area (Å²) in [4.78, 5) is 0. The zero-order chi connectivity index (χ0) is 14.9. The molecule has 0 unspecified atom stereocenters. The largest absolute Gasteiger partial charge is 0.507 e. The lowest BCUT2D eigenvalue weighted by Crippen LogP contribution is -2.04. The highest BCUT2D eigenvalue weighted by molar-refractivity contribution is 5.69. The molecular formula is C14H15F3N2O. The van der Waals surface area contributed by atoms with Crippen LogP contribution in [0.25, 0.3) is 11.1 Å². The molecule has 0 aliphatic heterocycles. The number of benzene rings is 1. The Labute approximate surface area is 114 Å². The van der Waals surface area contributed by atoms with Crippen LogP contribution in [0.2, 0.25) is 0 Å². The summed E-state index contributed by atoms with van der Waals surface area (Å²) in [6.45, 7) is 4.70. The van der Waals surface area contributed by atoms with Crippen molar-refractivity contribution in [2.45, 2.75) is 26.6 Å². The van der Waals surface area contributed by atoms with Crippen LogP contribution in [0.5, 0.6) is 5.75 Å². The van der Waals surface area contributed by atoms with Gasteiger partial charge in [-0.25, -0.2) is 0 Å². The fraction of sp³-hybridized carbons (Fsp3) is 0.357. The van der Waals surface area contributed by atoms with E-state index in [0.717, 1.165) is 18.2 Å². The van der Waals surface area contributed by atoms with Crippen LogP contribution in [0.3, 0.4) is 0 Å². The van der Waals surface area contributed by atoms with Gasteiger partial charge in [0.25, 0.3) is 0 Å². The summed E-state index contributed by atoms with van der Waals surface area (Å²) in [5, 5.41) is 13.8. The topological polar surface area (TPSA) is 38.0 Å². The molecular weight excluding hydrogens is 269 g/mol. The van der Waals surface area contributed by atoms with E-state index >= 15 is 0 Å². The molecule has 0 atom stereocenters. The maximum Gasteiger partial charge on any atom is 0.416 e. The van der Waals surface area contributed by atoms with Crippen LogP contribution in [-0.4, -0.2) is 14.9 Å². The summed E-state index contributed by atoms with van der Waals surface area (Å²) in [5.74, 6) is 0.181. The second-order valence-electron chi connectivity index (χ2n) is 5.07. The van der Waals surface area contributed by atoms with Crippen molar-refractivity contribution in [2.75, 3.05) is 0 Å². The number of aromatic nitrogens is 2. The number of hydrogen-bond donors (Lipinski definition) is 1. The molecule has 1 aromatic heterocycles. The minimum Gasteiger partial charge on any atom is -0.507 e. The Morgan fingerprint density at radius 1 is 1.30 bits per heavy atom. The molecule has 20 heavy (non-hydrogen) atoms. The summed E-state index contributed by atoms with van der Waals surface area (Å²) < 4.78 is 39.7. The molecule has 1 aromatic carbocycles. The lowest BCUT2D eigenvalue weighted by molar-refractivity contribution is -0.137. The number of phenolic OH excluding ortho intramolecular Hbond substituents is 1. The molecule has 0 aliphatic rings. The molecule has 0 bridgehead atoms. The van der Waals surface area contributed by atoms with Gasteiger partial charge in [0.15, 0.2) is 0 Å². The highest BCUT2D eigenvalue weighted by Crippen LogP contribution is 2.36. The minimum atomic E-state index is -4.43. The van der Waals surface area contributed by atoms with E-state index < -0.39 is 11.7 Å². The zero-order valence-corrected chi connectivity index (χ0v) is 11.1. The molecule has 0 spiro atoms. The van der Waals surface area contributed by atoms with Gasteiger partial charge in [-0.3, -0.25) is 4.68 Å². The first-order valence-electron chi connectivity index (χ1n) is 6.20. The van der Waals surface area contributed by atoms with Gasteiger partial charge >= 0.3 is 6.18 Å². The van der Waals surface area contributed by atoms with Gasteiger partial charge in [0, 0.05) is 23.9 Å². The van der Waals surface area contributed by atoms with Crippen LogP contribution in [0.4, 0.5) is 13.2 Å². The Bertz CT molecular complexity index is 603. The van der Waals surface area contributed by atoms with E-state index in [1.54, 1.807) is 10.9 Å². The quantitative estimate of drug-likeness (QED) is 0.927. The average molecular weight is 284 g/mol. The van der Waals surface area contributed by atoms with Crippen molar-refractivity contribution in [3.63, 3.8) is 0 Å². The van der Waals surface area contributed by atoms with E-state index in [9.17, 15) is 18.3 Å². The molecule has 0 radical (unpaired) electrons. The molecule has 1 heterocycles. The Balaban J connectivity index is 2.39.